The molecule has 4 nitrogen and oxygen atoms in total. The van der Waals surface area contributed by atoms with E-state index in [1.807, 2.05) is 20.8 Å². The first-order valence-electron chi connectivity index (χ1n) is 6.44. The molecule has 0 aromatic carbocycles. The fourth-order valence-corrected chi connectivity index (χ4v) is 2.18. The molecule has 0 aromatic heterocycles. The van der Waals surface area contributed by atoms with Gasteiger partial charge in [-0.3, -0.25) is 0 Å². The van der Waals surface area contributed by atoms with Gasteiger partial charge in [0.2, 0.25) is 0 Å². The van der Waals surface area contributed by atoms with Gasteiger partial charge >= 0.3 is 6.09 Å². The molecule has 1 N–H and O–H groups in total. The van der Waals surface area contributed by atoms with Crippen LogP contribution in [0.25, 0.3) is 0 Å². The highest BCUT2D eigenvalue weighted by Gasteiger charge is 2.31. The summed E-state index contributed by atoms with van der Waals surface area (Å²) in [5.74, 6) is 0.406. The standard InChI is InChI=1S/C13H25NO3/c1-10-5-6-11(7-8-15)9-14(10)12(16)17-13(2,3)4/h10-11,15H,5-9H2,1-4H3/t10-,11+/m1/s1. The van der Waals surface area contributed by atoms with Crippen molar-refractivity contribution in [3.8, 4) is 0 Å². The number of hydrogen-bond acceptors (Lipinski definition) is 3. The van der Waals surface area contributed by atoms with Gasteiger partial charge in [0.15, 0.2) is 0 Å². The summed E-state index contributed by atoms with van der Waals surface area (Å²) in [5.41, 5.74) is -0.444. The minimum absolute atomic E-state index is 0.196. The van der Waals surface area contributed by atoms with Crippen molar-refractivity contribution in [3.05, 3.63) is 0 Å². The molecule has 0 spiro atoms. The Kier molecular flexibility index (Phi) is 4.80. The van der Waals surface area contributed by atoms with Crippen molar-refractivity contribution in [2.75, 3.05) is 13.2 Å². The number of hydrogen-bond donors (Lipinski definition) is 1. The quantitative estimate of drug-likeness (QED) is 0.810. The zero-order chi connectivity index (χ0) is 13.1. The summed E-state index contributed by atoms with van der Waals surface area (Å²) in [6.07, 6.45) is 2.62. The third kappa shape index (κ3) is 4.54. The van der Waals surface area contributed by atoms with E-state index in [-0.39, 0.29) is 18.7 Å². The van der Waals surface area contributed by atoms with Crippen LogP contribution in [-0.2, 0) is 4.74 Å². The first kappa shape index (κ1) is 14.3. The lowest BCUT2D eigenvalue weighted by Gasteiger charge is -2.38. The molecule has 1 saturated heterocycles. The van der Waals surface area contributed by atoms with Gasteiger partial charge in [0, 0.05) is 19.2 Å². The fourth-order valence-electron chi connectivity index (χ4n) is 2.18. The van der Waals surface area contributed by atoms with Crippen LogP contribution in [0.15, 0.2) is 0 Å². The van der Waals surface area contributed by atoms with Crippen molar-refractivity contribution in [2.45, 2.75) is 58.6 Å². The second-order valence-electron chi connectivity index (χ2n) is 5.94. The van der Waals surface area contributed by atoms with Crippen molar-refractivity contribution in [3.63, 3.8) is 0 Å². The average molecular weight is 243 g/mol. The molecule has 0 unspecified atom stereocenters. The third-order valence-corrected chi connectivity index (χ3v) is 3.14. The summed E-state index contributed by atoms with van der Waals surface area (Å²) >= 11 is 0. The molecule has 4 heteroatoms. The SMILES string of the molecule is C[C@@H]1CC[C@@H](CCO)CN1C(=O)OC(C)(C)C. The number of rotatable bonds is 2. The molecule has 0 radical (unpaired) electrons. The Hall–Kier alpha value is -0.770. The van der Waals surface area contributed by atoms with Gasteiger partial charge in [-0.05, 0) is 52.9 Å². The summed E-state index contributed by atoms with van der Waals surface area (Å²) in [4.78, 5) is 13.8. The Balaban J connectivity index is 2.57. The molecule has 0 bridgehead atoms. The smallest absolute Gasteiger partial charge is 0.410 e. The first-order valence-corrected chi connectivity index (χ1v) is 6.44. The zero-order valence-electron chi connectivity index (χ0n) is 11.4. The zero-order valence-corrected chi connectivity index (χ0v) is 11.4. The number of carbonyl (C=O) groups excluding carboxylic acids is 1. The van der Waals surface area contributed by atoms with Crippen molar-refractivity contribution in [2.24, 2.45) is 5.92 Å². The van der Waals surface area contributed by atoms with Crippen LogP contribution >= 0.6 is 0 Å². The van der Waals surface area contributed by atoms with Crippen LogP contribution in [0.2, 0.25) is 0 Å². The number of likely N-dealkylation sites (tertiary alicyclic amines) is 1. The number of amides is 1. The lowest BCUT2D eigenvalue weighted by Crippen LogP contribution is -2.47. The molecule has 0 aliphatic carbocycles. The second kappa shape index (κ2) is 5.71. The number of nitrogens with zero attached hydrogens (tertiary/aromatic N) is 1. The largest absolute Gasteiger partial charge is 0.444 e. The van der Waals surface area contributed by atoms with Crippen LogP contribution in [0.4, 0.5) is 4.79 Å². The van der Waals surface area contributed by atoms with Gasteiger partial charge in [0.1, 0.15) is 5.60 Å². The average Bonchev–Trinajstić information content (AvgIpc) is 2.18. The molecular weight excluding hydrogens is 218 g/mol. The van der Waals surface area contributed by atoms with E-state index >= 15 is 0 Å². The van der Waals surface area contributed by atoms with Crippen LogP contribution in [-0.4, -0.2) is 40.9 Å². The fraction of sp³-hybridized carbons (Fsp3) is 0.923. The second-order valence-corrected chi connectivity index (χ2v) is 5.94. The molecule has 1 amide bonds. The minimum Gasteiger partial charge on any atom is -0.444 e. The van der Waals surface area contributed by atoms with E-state index in [1.54, 1.807) is 4.90 Å². The Labute approximate surface area is 104 Å². The Morgan fingerprint density at radius 2 is 2.06 bits per heavy atom. The number of carbonyl (C=O) groups is 1. The van der Waals surface area contributed by atoms with Gasteiger partial charge in [0.05, 0.1) is 0 Å². The van der Waals surface area contributed by atoms with Crippen molar-refractivity contribution >= 4 is 6.09 Å². The molecule has 0 aromatic rings. The lowest BCUT2D eigenvalue weighted by molar-refractivity contribution is 0.00371. The maximum atomic E-state index is 12.0. The summed E-state index contributed by atoms with van der Waals surface area (Å²) < 4.78 is 5.40. The van der Waals surface area contributed by atoms with E-state index in [0.717, 1.165) is 19.3 Å². The molecule has 1 heterocycles. The normalized spacial score (nSPS) is 25.8. The van der Waals surface area contributed by atoms with Crippen molar-refractivity contribution in [1.29, 1.82) is 0 Å². The predicted molar refractivity (Wildman–Crippen MR) is 66.8 cm³/mol. The van der Waals surface area contributed by atoms with Gasteiger partial charge in [-0.25, -0.2) is 4.79 Å². The van der Waals surface area contributed by atoms with Crippen LogP contribution in [0.3, 0.4) is 0 Å². The first-order chi connectivity index (χ1) is 7.83. The van der Waals surface area contributed by atoms with Gasteiger partial charge in [-0.15, -0.1) is 0 Å². The molecular formula is C13H25NO3. The van der Waals surface area contributed by atoms with Crippen LogP contribution < -0.4 is 0 Å². The highest BCUT2D eigenvalue weighted by Crippen LogP contribution is 2.25. The van der Waals surface area contributed by atoms with Crippen molar-refractivity contribution in [1.82, 2.24) is 4.90 Å². The van der Waals surface area contributed by atoms with E-state index in [1.165, 1.54) is 0 Å². The van der Waals surface area contributed by atoms with E-state index in [9.17, 15) is 4.79 Å². The molecule has 1 aliphatic heterocycles. The number of ether oxygens (including phenoxy) is 1. The van der Waals surface area contributed by atoms with E-state index in [4.69, 9.17) is 9.84 Å². The summed E-state index contributed by atoms with van der Waals surface area (Å²) in [7, 11) is 0. The molecule has 1 rings (SSSR count). The van der Waals surface area contributed by atoms with Gasteiger partial charge in [-0.1, -0.05) is 0 Å². The highest BCUT2D eigenvalue weighted by molar-refractivity contribution is 5.68. The molecule has 0 saturated carbocycles. The van der Waals surface area contributed by atoms with Gasteiger partial charge < -0.3 is 14.7 Å². The summed E-state index contributed by atoms with van der Waals surface area (Å²) in [6.45, 7) is 8.59. The Morgan fingerprint density at radius 3 is 2.59 bits per heavy atom. The van der Waals surface area contributed by atoms with Crippen LogP contribution in [0, 0.1) is 5.92 Å². The molecule has 100 valence electrons. The Bertz CT molecular complexity index is 260. The molecule has 17 heavy (non-hydrogen) atoms. The van der Waals surface area contributed by atoms with E-state index in [2.05, 4.69) is 6.92 Å². The highest BCUT2D eigenvalue weighted by atomic mass is 16.6. The van der Waals surface area contributed by atoms with Crippen molar-refractivity contribution < 1.29 is 14.6 Å². The number of aliphatic hydroxyl groups excluding tert-OH is 1. The van der Waals surface area contributed by atoms with E-state index in [0.29, 0.717) is 12.5 Å². The monoisotopic (exact) mass is 243 g/mol. The maximum absolute atomic E-state index is 12.0. The molecule has 1 fully saturated rings. The topological polar surface area (TPSA) is 49.8 Å². The Morgan fingerprint density at radius 1 is 1.41 bits per heavy atom. The minimum atomic E-state index is -0.444. The summed E-state index contributed by atoms with van der Waals surface area (Å²) in [5, 5.41) is 8.96. The number of aliphatic hydroxyl groups is 1. The number of piperidine rings is 1. The lowest BCUT2D eigenvalue weighted by atomic mass is 9.91. The van der Waals surface area contributed by atoms with Crippen LogP contribution in [0.5, 0.6) is 0 Å². The van der Waals surface area contributed by atoms with Gasteiger partial charge in [0.25, 0.3) is 0 Å². The third-order valence-electron chi connectivity index (χ3n) is 3.14. The maximum Gasteiger partial charge on any atom is 0.410 e. The molecule has 1 aliphatic rings. The predicted octanol–water partition coefficient (Wildman–Crippen LogP) is 2.40. The molecule has 2 atom stereocenters. The summed E-state index contributed by atoms with van der Waals surface area (Å²) in [6, 6.07) is 0.236. The van der Waals surface area contributed by atoms with Crippen LogP contribution in [0.1, 0.15) is 47.0 Å². The van der Waals surface area contributed by atoms with Gasteiger partial charge in [-0.2, -0.15) is 0 Å². The van der Waals surface area contributed by atoms with E-state index < -0.39 is 5.60 Å².